The standard InChI is InChI=1S/C19H25FN4O.ClH/c1-21-17(14-11-23-24(2)12-14)18(25)22-13-19(9-3-4-10-19)15-5-7-16(20)8-6-15;/h5-8,11-12,17,21H,3-4,9-10,13H2,1-2H3,(H,22,25);1H. The summed E-state index contributed by atoms with van der Waals surface area (Å²) in [7, 11) is 3.60. The Morgan fingerprint density at radius 2 is 1.96 bits per heavy atom. The average molecular weight is 381 g/mol. The van der Waals surface area contributed by atoms with Crippen molar-refractivity contribution in [3.8, 4) is 0 Å². The fourth-order valence-electron chi connectivity index (χ4n) is 3.82. The lowest BCUT2D eigenvalue weighted by Gasteiger charge is -2.30. The summed E-state index contributed by atoms with van der Waals surface area (Å²) >= 11 is 0. The molecule has 1 aliphatic carbocycles. The molecule has 1 atom stereocenters. The third-order valence-electron chi connectivity index (χ3n) is 5.23. The summed E-state index contributed by atoms with van der Waals surface area (Å²) in [5.41, 5.74) is 1.84. The molecule has 26 heavy (non-hydrogen) atoms. The van der Waals surface area contributed by atoms with E-state index in [1.54, 1.807) is 17.9 Å². The normalized spacial score (nSPS) is 16.7. The van der Waals surface area contributed by atoms with Gasteiger partial charge in [-0.1, -0.05) is 25.0 Å². The number of rotatable bonds is 6. The molecular formula is C19H26ClFN4O. The van der Waals surface area contributed by atoms with Crippen LogP contribution in [-0.4, -0.2) is 29.3 Å². The van der Waals surface area contributed by atoms with E-state index >= 15 is 0 Å². The third kappa shape index (κ3) is 4.24. The van der Waals surface area contributed by atoms with Crippen LogP contribution in [0.15, 0.2) is 36.7 Å². The van der Waals surface area contributed by atoms with Crippen LogP contribution >= 0.6 is 12.4 Å². The second kappa shape index (κ2) is 8.64. The van der Waals surface area contributed by atoms with Crippen LogP contribution < -0.4 is 10.6 Å². The van der Waals surface area contributed by atoms with Crippen molar-refractivity contribution in [2.75, 3.05) is 13.6 Å². The van der Waals surface area contributed by atoms with Gasteiger partial charge >= 0.3 is 0 Å². The summed E-state index contributed by atoms with van der Waals surface area (Å²) < 4.78 is 15.0. The minimum Gasteiger partial charge on any atom is -0.354 e. The lowest BCUT2D eigenvalue weighted by Crippen LogP contribution is -2.43. The Bertz CT molecular complexity index is 725. The molecule has 2 aromatic rings. The van der Waals surface area contributed by atoms with Crippen LogP contribution in [0.2, 0.25) is 0 Å². The maximum Gasteiger partial charge on any atom is 0.241 e. The molecule has 2 N–H and O–H groups in total. The van der Waals surface area contributed by atoms with E-state index in [2.05, 4.69) is 15.7 Å². The van der Waals surface area contributed by atoms with Crippen molar-refractivity contribution in [1.82, 2.24) is 20.4 Å². The van der Waals surface area contributed by atoms with E-state index < -0.39 is 6.04 Å². The lowest BCUT2D eigenvalue weighted by atomic mass is 9.78. The Balaban J connectivity index is 0.00000243. The molecule has 1 fully saturated rings. The van der Waals surface area contributed by atoms with Crippen molar-refractivity contribution in [2.45, 2.75) is 37.1 Å². The van der Waals surface area contributed by atoms with E-state index in [1.807, 2.05) is 25.4 Å². The van der Waals surface area contributed by atoms with Crippen LogP contribution in [0.3, 0.4) is 0 Å². The first-order valence-electron chi connectivity index (χ1n) is 8.74. The zero-order chi connectivity index (χ0) is 17.9. The average Bonchev–Trinajstić information content (AvgIpc) is 3.25. The van der Waals surface area contributed by atoms with Gasteiger partial charge in [0.25, 0.3) is 0 Å². The minimum atomic E-state index is -0.430. The van der Waals surface area contributed by atoms with Gasteiger partial charge in [0.1, 0.15) is 11.9 Å². The van der Waals surface area contributed by atoms with Gasteiger partial charge in [-0.2, -0.15) is 5.10 Å². The number of nitrogens with one attached hydrogen (secondary N) is 2. The number of nitrogens with zero attached hydrogens (tertiary/aromatic N) is 2. The van der Waals surface area contributed by atoms with E-state index in [1.165, 1.54) is 12.1 Å². The van der Waals surface area contributed by atoms with Crippen LogP contribution in [0.25, 0.3) is 0 Å². The number of aromatic nitrogens is 2. The number of hydrogen-bond donors (Lipinski definition) is 2. The molecule has 1 aromatic heterocycles. The molecule has 0 aliphatic heterocycles. The molecule has 1 heterocycles. The number of aryl methyl sites for hydroxylation is 1. The second-order valence-corrected chi connectivity index (χ2v) is 6.88. The first kappa shape index (κ1) is 20.4. The first-order valence-corrected chi connectivity index (χ1v) is 8.74. The van der Waals surface area contributed by atoms with Gasteiger partial charge in [-0.3, -0.25) is 9.48 Å². The fraction of sp³-hybridized carbons (Fsp3) is 0.474. The molecule has 5 nitrogen and oxygen atoms in total. The van der Waals surface area contributed by atoms with Crippen molar-refractivity contribution in [1.29, 1.82) is 0 Å². The van der Waals surface area contributed by atoms with Gasteiger partial charge < -0.3 is 10.6 Å². The third-order valence-corrected chi connectivity index (χ3v) is 5.23. The highest BCUT2D eigenvalue weighted by molar-refractivity contribution is 5.85. The Morgan fingerprint density at radius 3 is 2.50 bits per heavy atom. The molecule has 1 saturated carbocycles. The van der Waals surface area contributed by atoms with Crippen LogP contribution in [0.5, 0.6) is 0 Å². The van der Waals surface area contributed by atoms with Gasteiger partial charge in [-0.25, -0.2) is 4.39 Å². The number of hydrogen-bond acceptors (Lipinski definition) is 3. The Hall–Kier alpha value is -1.92. The molecule has 142 valence electrons. The highest BCUT2D eigenvalue weighted by Crippen LogP contribution is 2.40. The van der Waals surface area contributed by atoms with E-state index in [-0.39, 0.29) is 29.5 Å². The van der Waals surface area contributed by atoms with Gasteiger partial charge in [-0.05, 0) is 37.6 Å². The second-order valence-electron chi connectivity index (χ2n) is 6.88. The minimum absolute atomic E-state index is 0. The van der Waals surface area contributed by atoms with Crippen molar-refractivity contribution >= 4 is 18.3 Å². The van der Waals surface area contributed by atoms with Crippen molar-refractivity contribution in [3.05, 3.63) is 53.6 Å². The molecule has 0 radical (unpaired) electrons. The Kier molecular flexibility index (Phi) is 6.78. The topological polar surface area (TPSA) is 59.0 Å². The highest BCUT2D eigenvalue weighted by atomic mass is 35.5. The van der Waals surface area contributed by atoms with E-state index in [0.29, 0.717) is 6.54 Å². The molecule has 0 saturated heterocycles. The predicted octanol–water partition coefficient (Wildman–Crippen LogP) is 2.87. The maximum absolute atomic E-state index is 13.3. The molecule has 1 aromatic carbocycles. The number of likely N-dealkylation sites (N-methyl/N-ethyl adjacent to an activating group) is 1. The molecule has 0 spiro atoms. The predicted molar refractivity (Wildman–Crippen MR) is 102 cm³/mol. The fourth-order valence-corrected chi connectivity index (χ4v) is 3.82. The highest BCUT2D eigenvalue weighted by Gasteiger charge is 2.36. The van der Waals surface area contributed by atoms with Crippen LogP contribution in [0.1, 0.15) is 42.9 Å². The Labute approximate surface area is 159 Å². The summed E-state index contributed by atoms with van der Waals surface area (Å²) in [5.74, 6) is -0.295. The molecule has 7 heteroatoms. The molecule has 1 amide bonds. The largest absolute Gasteiger partial charge is 0.354 e. The van der Waals surface area contributed by atoms with Crippen molar-refractivity contribution in [3.63, 3.8) is 0 Å². The van der Waals surface area contributed by atoms with Crippen LogP contribution in [0.4, 0.5) is 4.39 Å². The smallest absolute Gasteiger partial charge is 0.241 e. The number of carbonyl (C=O) groups is 1. The van der Waals surface area contributed by atoms with E-state index in [4.69, 9.17) is 0 Å². The number of carbonyl (C=O) groups excluding carboxylic acids is 1. The molecule has 3 rings (SSSR count). The number of halogens is 2. The molecule has 1 aliphatic rings. The summed E-state index contributed by atoms with van der Waals surface area (Å²) in [6, 6.07) is 6.28. The van der Waals surface area contributed by atoms with Crippen molar-refractivity contribution < 1.29 is 9.18 Å². The SMILES string of the molecule is CNC(C(=O)NCC1(c2ccc(F)cc2)CCCC1)c1cnn(C)c1.Cl. The molecule has 0 bridgehead atoms. The van der Waals surface area contributed by atoms with Gasteiger partial charge in [-0.15, -0.1) is 12.4 Å². The number of amides is 1. The lowest BCUT2D eigenvalue weighted by molar-refractivity contribution is -0.123. The maximum atomic E-state index is 13.3. The van der Waals surface area contributed by atoms with Crippen LogP contribution in [0, 0.1) is 5.82 Å². The summed E-state index contributed by atoms with van der Waals surface area (Å²) in [4.78, 5) is 12.7. The molecular weight excluding hydrogens is 355 g/mol. The van der Waals surface area contributed by atoms with Crippen LogP contribution in [-0.2, 0) is 17.3 Å². The Morgan fingerprint density at radius 1 is 1.31 bits per heavy atom. The summed E-state index contributed by atoms with van der Waals surface area (Å²) in [6.45, 7) is 0.565. The number of benzene rings is 1. The van der Waals surface area contributed by atoms with Gasteiger partial charge in [0.15, 0.2) is 0 Å². The first-order chi connectivity index (χ1) is 12.0. The molecule has 1 unspecified atom stereocenters. The van der Waals surface area contributed by atoms with Gasteiger partial charge in [0.05, 0.1) is 6.20 Å². The van der Waals surface area contributed by atoms with Crippen molar-refractivity contribution in [2.24, 2.45) is 7.05 Å². The quantitative estimate of drug-likeness (QED) is 0.810. The van der Waals surface area contributed by atoms with Gasteiger partial charge in [0.2, 0.25) is 5.91 Å². The van der Waals surface area contributed by atoms with Gasteiger partial charge in [0, 0.05) is 30.8 Å². The zero-order valence-corrected chi connectivity index (χ0v) is 16.0. The van der Waals surface area contributed by atoms with E-state index in [9.17, 15) is 9.18 Å². The van der Waals surface area contributed by atoms with E-state index in [0.717, 1.165) is 36.8 Å². The summed E-state index contributed by atoms with van der Waals surface area (Å²) in [6.07, 6.45) is 7.82. The summed E-state index contributed by atoms with van der Waals surface area (Å²) in [5, 5.41) is 10.3. The monoisotopic (exact) mass is 380 g/mol. The zero-order valence-electron chi connectivity index (χ0n) is 15.2.